The van der Waals surface area contributed by atoms with E-state index < -0.39 is 0 Å². The number of aryl methyl sites for hydroxylation is 1. The normalized spacial score (nSPS) is 14.4. The van der Waals surface area contributed by atoms with Gasteiger partial charge in [0.05, 0.1) is 5.25 Å². The molecule has 2 N–H and O–H groups in total. The van der Waals surface area contributed by atoms with Gasteiger partial charge in [0.15, 0.2) is 5.16 Å². The first-order chi connectivity index (χ1) is 8.72. The molecule has 2 aromatic heterocycles. The Morgan fingerprint density at radius 3 is 2.89 bits per heavy atom. The lowest BCUT2D eigenvalue weighted by Crippen LogP contribution is -2.26. The molecule has 0 aromatic carbocycles. The summed E-state index contributed by atoms with van der Waals surface area (Å²) in [5.74, 6) is 0. The number of hydrogen-bond donors (Lipinski definition) is 1. The molecule has 0 amide bonds. The van der Waals surface area contributed by atoms with E-state index in [1.54, 1.807) is 29.0 Å². The zero-order valence-corrected chi connectivity index (χ0v) is 11.3. The van der Waals surface area contributed by atoms with Crippen molar-refractivity contribution in [2.24, 2.45) is 12.8 Å². The Hall–Kier alpha value is -1.40. The number of hydrogen-bond acceptors (Lipinski definition) is 5. The molecule has 2 rings (SSSR count). The van der Waals surface area contributed by atoms with Crippen molar-refractivity contribution < 1.29 is 0 Å². The van der Waals surface area contributed by atoms with Gasteiger partial charge < -0.3 is 5.73 Å². The number of thioether (sulfide) groups is 1. The maximum absolute atomic E-state index is 6.21. The number of pyridine rings is 1. The Morgan fingerprint density at radius 2 is 2.33 bits per heavy atom. The first-order valence-corrected chi connectivity index (χ1v) is 6.76. The zero-order valence-electron chi connectivity index (χ0n) is 10.5. The molecule has 0 fully saturated rings. The highest BCUT2D eigenvalue weighted by atomic mass is 32.2. The van der Waals surface area contributed by atoms with E-state index in [1.807, 2.05) is 19.3 Å². The molecule has 6 heteroatoms. The lowest BCUT2D eigenvalue weighted by Gasteiger charge is -2.21. The smallest absolute Gasteiger partial charge is 0.186 e. The van der Waals surface area contributed by atoms with E-state index in [2.05, 4.69) is 28.1 Å². The van der Waals surface area contributed by atoms with Crippen LogP contribution < -0.4 is 5.73 Å². The monoisotopic (exact) mass is 263 g/mol. The van der Waals surface area contributed by atoms with Crippen LogP contribution in [0.5, 0.6) is 0 Å². The first kappa shape index (κ1) is 13.0. The number of nitrogens with two attached hydrogens (primary N) is 1. The second-order valence-corrected chi connectivity index (χ2v) is 5.17. The largest absolute Gasteiger partial charge is 0.326 e. The zero-order chi connectivity index (χ0) is 13.0. The Morgan fingerprint density at radius 1 is 1.50 bits per heavy atom. The van der Waals surface area contributed by atoms with E-state index in [0.717, 1.165) is 17.1 Å². The molecule has 2 heterocycles. The van der Waals surface area contributed by atoms with Gasteiger partial charge in [-0.1, -0.05) is 24.8 Å². The van der Waals surface area contributed by atoms with Crippen LogP contribution in [0.1, 0.15) is 24.2 Å². The summed E-state index contributed by atoms with van der Waals surface area (Å²) in [5, 5.41) is 5.09. The van der Waals surface area contributed by atoms with Crippen molar-refractivity contribution in [2.75, 3.05) is 0 Å². The van der Waals surface area contributed by atoms with Crippen LogP contribution in [0.15, 0.2) is 36.0 Å². The molecule has 5 nitrogen and oxygen atoms in total. The molecule has 2 unspecified atom stereocenters. The topological polar surface area (TPSA) is 69.6 Å². The first-order valence-electron chi connectivity index (χ1n) is 5.88. The molecule has 0 spiro atoms. The van der Waals surface area contributed by atoms with Gasteiger partial charge in [0, 0.05) is 25.5 Å². The van der Waals surface area contributed by atoms with Crippen LogP contribution in [0.3, 0.4) is 0 Å². The van der Waals surface area contributed by atoms with Crippen molar-refractivity contribution in [1.29, 1.82) is 0 Å². The minimum absolute atomic E-state index is 0.0656. The molecule has 18 heavy (non-hydrogen) atoms. The van der Waals surface area contributed by atoms with Gasteiger partial charge in [0.1, 0.15) is 6.33 Å². The molecular formula is C12H17N5S. The molecule has 0 aliphatic carbocycles. The van der Waals surface area contributed by atoms with Crippen LogP contribution in [0, 0.1) is 0 Å². The van der Waals surface area contributed by atoms with Crippen LogP contribution in [-0.4, -0.2) is 25.8 Å². The van der Waals surface area contributed by atoms with Crippen molar-refractivity contribution >= 4 is 11.8 Å². The summed E-state index contributed by atoms with van der Waals surface area (Å²) in [6, 6.07) is 4.05. The average Bonchev–Trinajstić information content (AvgIpc) is 2.81. The highest BCUT2D eigenvalue weighted by molar-refractivity contribution is 7.99. The lowest BCUT2D eigenvalue weighted by molar-refractivity contribution is 0.624. The van der Waals surface area contributed by atoms with E-state index in [9.17, 15) is 0 Å². The Labute approximate surface area is 111 Å². The molecular weight excluding hydrogens is 246 g/mol. The fourth-order valence-electron chi connectivity index (χ4n) is 1.67. The minimum Gasteiger partial charge on any atom is -0.326 e. The van der Waals surface area contributed by atoms with Crippen molar-refractivity contribution in [3.63, 3.8) is 0 Å². The van der Waals surface area contributed by atoms with Gasteiger partial charge >= 0.3 is 0 Å². The summed E-state index contributed by atoms with van der Waals surface area (Å²) in [4.78, 5) is 8.40. The number of rotatable bonds is 5. The van der Waals surface area contributed by atoms with E-state index >= 15 is 0 Å². The van der Waals surface area contributed by atoms with E-state index in [4.69, 9.17) is 5.73 Å². The van der Waals surface area contributed by atoms with E-state index in [-0.39, 0.29) is 11.3 Å². The fourth-order valence-corrected chi connectivity index (χ4v) is 2.84. The van der Waals surface area contributed by atoms with Crippen molar-refractivity contribution in [2.45, 2.75) is 29.8 Å². The predicted octanol–water partition coefficient (Wildman–Crippen LogP) is 1.78. The highest BCUT2D eigenvalue weighted by Gasteiger charge is 2.22. The van der Waals surface area contributed by atoms with Gasteiger partial charge in [-0.15, -0.1) is 0 Å². The van der Waals surface area contributed by atoms with Crippen molar-refractivity contribution in [3.8, 4) is 0 Å². The van der Waals surface area contributed by atoms with Crippen LogP contribution >= 0.6 is 11.8 Å². The maximum Gasteiger partial charge on any atom is 0.186 e. The van der Waals surface area contributed by atoms with Crippen LogP contribution in [0.25, 0.3) is 0 Å². The van der Waals surface area contributed by atoms with Gasteiger partial charge in [-0.3, -0.25) is 4.98 Å². The summed E-state index contributed by atoms with van der Waals surface area (Å²) >= 11 is 1.63. The molecule has 0 aliphatic heterocycles. The molecule has 96 valence electrons. The van der Waals surface area contributed by atoms with Crippen LogP contribution in [0.2, 0.25) is 0 Å². The standard InChI is InChI=1S/C12H17N5S/c1-3-10(13)11(9-5-4-6-14-7-9)18-12-15-8-16-17(12)2/h4-8,10-11H,3,13H2,1-2H3. The number of nitrogens with zero attached hydrogens (tertiary/aromatic N) is 4. The van der Waals surface area contributed by atoms with Crippen molar-refractivity contribution in [1.82, 2.24) is 19.7 Å². The summed E-state index contributed by atoms with van der Waals surface area (Å²) in [6.07, 6.45) is 6.10. The predicted molar refractivity (Wildman–Crippen MR) is 72.1 cm³/mol. The second kappa shape index (κ2) is 5.97. The van der Waals surface area contributed by atoms with Crippen molar-refractivity contribution in [3.05, 3.63) is 36.4 Å². The molecule has 0 radical (unpaired) electrons. The van der Waals surface area contributed by atoms with Gasteiger partial charge in [-0.2, -0.15) is 5.10 Å². The molecule has 0 aliphatic rings. The SMILES string of the molecule is CCC(N)C(Sc1ncnn1C)c1cccnc1. The highest BCUT2D eigenvalue weighted by Crippen LogP contribution is 2.36. The summed E-state index contributed by atoms with van der Waals surface area (Å²) in [6.45, 7) is 2.09. The third-order valence-corrected chi connectivity index (χ3v) is 4.23. The molecule has 2 aromatic rings. The Kier molecular flexibility index (Phi) is 4.33. The number of aromatic nitrogens is 4. The van der Waals surface area contributed by atoms with Gasteiger partial charge in [-0.25, -0.2) is 9.67 Å². The fraction of sp³-hybridized carbons (Fsp3) is 0.417. The molecule has 0 bridgehead atoms. The molecule has 0 saturated heterocycles. The van der Waals surface area contributed by atoms with Crippen LogP contribution in [-0.2, 0) is 7.05 Å². The molecule has 2 atom stereocenters. The second-order valence-electron chi connectivity index (χ2n) is 4.06. The summed E-state index contributed by atoms with van der Waals surface area (Å²) < 4.78 is 1.76. The minimum atomic E-state index is 0.0656. The quantitative estimate of drug-likeness (QED) is 0.833. The van der Waals surface area contributed by atoms with Gasteiger partial charge in [0.2, 0.25) is 0 Å². The summed E-state index contributed by atoms with van der Waals surface area (Å²) in [7, 11) is 1.88. The van der Waals surface area contributed by atoms with E-state index in [0.29, 0.717) is 0 Å². The van der Waals surface area contributed by atoms with Crippen LogP contribution in [0.4, 0.5) is 0 Å². The summed E-state index contributed by atoms with van der Waals surface area (Å²) in [5.41, 5.74) is 7.33. The third-order valence-electron chi connectivity index (χ3n) is 2.78. The Balaban J connectivity index is 2.24. The maximum atomic E-state index is 6.21. The van der Waals surface area contributed by atoms with E-state index in [1.165, 1.54) is 0 Å². The Bertz CT molecular complexity index is 484. The van der Waals surface area contributed by atoms with Gasteiger partial charge in [-0.05, 0) is 18.1 Å². The average molecular weight is 263 g/mol. The third kappa shape index (κ3) is 2.88. The molecule has 0 saturated carbocycles. The van der Waals surface area contributed by atoms with Gasteiger partial charge in [0.25, 0.3) is 0 Å². The lowest BCUT2D eigenvalue weighted by atomic mass is 10.1.